The van der Waals surface area contributed by atoms with Crippen LogP contribution in [-0.2, 0) is 0 Å². The highest BCUT2D eigenvalue weighted by Gasteiger charge is 2.13. The lowest BCUT2D eigenvalue weighted by Gasteiger charge is -2.13. The number of benzene rings is 1. The molecule has 0 aliphatic heterocycles. The minimum atomic E-state index is -0.0782. The molecule has 18 heavy (non-hydrogen) atoms. The standard InChI is InChI=1S/C14H16N2OS/c1-8-4-5-12(15)10(3)13(8)16-14(17)11-7-18-6-9(11)2/h4-7H,15H2,1-3H3,(H,16,17). The normalized spacial score (nSPS) is 10.4. The van der Waals surface area contributed by atoms with Gasteiger partial charge in [0.1, 0.15) is 0 Å². The molecule has 0 radical (unpaired) electrons. The number of aryl methyl sites for hydroxylation is 2. The van der Waals surface area contributed by atoms with Crippen LogP contribution in [-0.4, -0.2) is 5.91 Å². The number of carbonyl (C=O) groups excluding carboxylic acids is 1. The van der Waals surface area contributed by atoms with Crippen molar-refractivity contribution >= 4 is 28.6 Å². The number of hydrogen-bond acceptors (Lipinski definition) is 3. The second-order valence-corrected chi connectivity index (χ2v) is 5.14. The quantitative estimate of drug-likeness (QED) is 0.812. The van der Waals surface area contributed by atoms with Gasteiger partial charge >= 0.3 is 0 Å². The van der Waals surface area contributed by atoms with Crippen molar-refractivity contribution < 1.29 is 4.79 Å². The lowest BCUT2D eigenvalue weighted by Crippen LogP contribution is -2.14. The number of hydrogen-bond donors (Lipinski definition) is 2. The molecule has 2 aromatic rings. The molecule has 1 heterocycles. The summed E-state index contributed by atoms with van der Waals surface area (Å²) in [6.45, 7) is 5.81. The zero-order valence-electron chi connectivity index (χ0n) is 10.7. The maximum absolute atomic E-state index is 12.2. The fourth-order valence-electron chi connectivity index (χ4n) is 1.83. The highest BCUT2D eigenvalue weighted by Crippen LogP contribution is 2.26. The van der Waals surface area contributed by atoms with E-state index in [1.165, 1.54) is 11.3 Å². The Hall–Kier alpha value is -1.81. The van der Waals surface area contributed by atoms with Crippen LogP contribution in [0.4, 0.5) is 11.4 Å². The number of thiophene rings is 1. The van der Waals surface area contributed by atoms with Crippen molar-refractivity contribution in [2.75, 3.05) is 11.1 Å². The molecule has 0 atom stereocenters. The fraction of sp³-hybridized carbons (Fsp3) is 0.214. The van der Waals surface area contributed by atoms with Gasteiger partial charge in [0.2, 0.25) is 0 Å². The van der Waals surface area contributed by atoms with E-state index < -0.39 is 0 Å². The number of carbonyl (C=O) groups is 1. The summed E-state index contributed by atoms with van der Waals surface area (Å²) < 4.78 is 0. The van der Waals surface area contributed by atoms with Crippen molar-refractivity contribution in [3.05, 3.63) is 45.1 Å². The van der Waals surface area contributed by atoms with Crippen molar-refractivity contribution in [3.8, 4) is 0 Å². The molecule has 94 valence electrons. The smallest absolute Gasteiger partial charge is 0.256 e. The first-order valence-corrected chi connectivity index (χ1v) is 6.65. The maximum Gasteiger partial charge on any atom is 0.256 e. The Balaban J connectivity index is 2.33. The summed E-state index contributed by atoms with van der Waals surface area (Å²) >= 11 is 1.53. The number of anilines is 2. The first kappa shape index (κ1) is 12.6. The molecule has 0 saturated heterocycles. The molecular formula is C14H16N2OS. The summed E-state index contributed by atoms with van der Waals surface area (Å²) in [5, 5.41) is 6.78. The first-order chi connectivity index (χ1) is 8.50. The number of nitrogen functional groups attached to an aromatic ring is 1. The second-order valence-electron chi connectivity index (χ2n) is 4.39. The van der Waals surface area contributed by atoms with Gasteiger partial charge in [0.05, 0.1) is 5.56 Å². The number of nitrogens with two attached hydrogens (primary N) is 1. The second kappa shape index (κ2) is 4.82. The van der Waals surface area contributed by atoms with E-state index in [-0.39, 0.29) is 5.91 Å². The Labute approximate surface area is 111 Å². The van der Waals surface area contributed by atoms with E-state index in [2.05, 4.69) is 5.32 Å². The molecule has 0 saturated carbocycles. The van der Waals surface area contributed by atoms with Crippen molar-refractivity contribution in [2.45, 2.75) is 20.8 Å². The van der Waals surface area contributed by atoms with E-state index in [4.69, 9.17) is 5.73 Å². The molecule has 0 spiro atoms. The van der Waals surface area contributed by atoms with Gasteiger partial charge in [-0.05, 0) is 48.9 Å². The van der Waals surface area contributed by atoms with Gasteiger partial charge in [0, 0.05) is 16.8 Å². The van der Waals surface area contributed by atoms with E-state index in [0.29, 0.717) is 5.69 Å². The van der Waals surface area contributed by atoms with Crippen LogP contribution in [0.1, 0.15) is 27.0 Å². The monoisotopic (exact) mass is 260 g/mol. The Kier molecular flexibility index (Phi) is 3.39. The Morgan fingerprint density at radius 2 is 1.89 bits per heavy atom. The number of rotatable bonds is 2. The largest absolute Gasteiger partial charge is 0.398 e. The van der Waals surface area contributed by atoms with Crippen LogP contribution in [0.2, 0.25) is 0 Å². The Bertz CT molecular complexity index is 602. The molecule has 1 aromatic heterocycles. The van der Waals surface area contributed by atoms with Gasteiger partial charge in [-0.2, -0.15) is 11.3 Å². The molecule has 3 nitrogen and oxygen atoms in total. The van der Waals surface area contributed by atoms with Crippen molar-refractivity contribution in [2.24, 2.45) is 0 Å². The van der Waals surface area contributed by atoms with Crippen LogP contribution in [0, 0.1) is 20.8 Å². The van der Waals surface area contributed by atoms with E-state index in [1.54, 1.807) is 0 Å². The summed E-state index contributed by atoms with van der Waals surface area (Å²) in [5.74, 6) is -0.0782. The average Bonchev–Trinajstić information content (AvgIpc) is 2.76. The van der Waals surface area contributed by atoms with Crippen LogP contribution in [0.15, 0.2) is 22.9 Å². The highest BCUT2D eigenvalue weighted by molar-refractivity contribution is 7.08. The molecule has 1 amide bonds. The van der Waals surface area contributed by atoms with Crippen LogP contribution >= 0.6 is 11.3 Å². The molecule has 0 aliphatic rings. The Morgan fingerprint density at radius 3 is 2.50 bits per heavy atom. The highest BCUT2D eigenvalue weighted by atomic mass is 32.1. The van der Waals surface area contributed by atoms with E-state index in [0.717, 1.165) is 27.9 Å². The maximum atomic E-state index is 12.2. The predicted molar refractivity (Wildman–Crippen MR) is 77.3 cm³/mol. The molecular weight excluding hydrogens is 244 g/mol. The predicted octanol–water partition coefficient (Wildman–Crippen LogP) is 3.51. The zero-order valence-corrected chi connectivity index (χ0v) is 11.5. The van der Waals surface area contributed by atoms with Gasteiger partial charge < -0.3 is 11.1 Å². The van der Waals surface area contributed by atoms with Gasteiger partial charge in [-0.1, -0.05) is 6.07 Å². The minimum absolute atomic E-state index is 0.0782. The SMILES string of the molecule is Cc1cscc1C(=O)Nc1c(C)ccc(N)c1C. The minimum Gasteiger partial charge on any atom is -0.398 e. The van der Waals surface area contributed by atoms with Crippen LogP contribution in [0.25, 0.3) is 0 Å². The third-order valence-corrected chi connectivity index (χ3v) is 3.92. The third kappa shape index (κ3) is 2.24. The molecule has 0 aliphatic carbocycles. The van der Waals surface area contributed by atoms with Gasteiger partial charge in [-0.25, -0.2) is 0 Å². The summed E-state index contributed by atoms with van der Waals surface area (Å²) in [7, 11) is 0. The Morgan fingerprint density at radius 1 is 1.17 bits per heavy atom. The van der Waals surface area contributed by atoms with E-state index >= 15 is 0 Å². The number of nitrogens with one attached hydrogen (secondary N) is 1. The molecule has 4 heteroatoms. The molecule has 0 fully saturated rings. The van der Waals surface area contributed by atoms with Gasteiger partial charge in [0.25, 0.3) is 5.91 Å². The topological polar surface area (TPSA) is 55.1 Å². The summed E-state index contributed by atoms with van der Waals surface area (Å²) in [5.41, 5.74) is 11.0. The molecule has 3 N–H and O–H groups in total. The van der Waals surface area contributed by atoms with Gasteiger partial charge in [-0.15, -0.1) is 0 Å². The van der Waals surface area contributed by atoms with Crippen LogP contribution in [0.3, 0.4) is 0 Å². The summed E-state index contributed by atoms with van der Waals surface area (Å²) in [4.78, 5) is 12.2. The molecule has 2 rings (SSSR count). The van der Waals surface area contributed by atoms with Crippen molar-refractivity contribution in [1.82, 2.24) is 0 Å². The molecule has 0 bridgehead atoms. The summed E-state index contributed by atoms with van der Waals surface area (Å²) in [6, 6.07) is 3.77. The average molecular weight is 260 g/mol. The third-order valence-electron chi connectivity index (χ3n) is 3.05. The molecule has 0 unspecified atom stereocenters. The summed E-state index contributed by atoms with van der Waals surface area (Å²) in [6.07, 6.45) is 0. The van der Waals surface area contributed by atoms with Crippen molar-refractivity contribution in [1.29, 1.82) is 0 Å². The molecule has 1 aromatic carbocycles. The van der Waals surface area contributed by atoms with Gasteiger partial charge in [-0.3, -0.25) is 4.79 Å². The fourth-order valence-corrected chi connectivity index (χ4v) is 2.66. The first-order valence-electron chi connectivity index (χ1n) is 5.70. The van der Waals surface area contributed by atoms with Crippen LogP contribution in [0.5, 0.6) is 0 Å². The lowest BCUT2D eigenvalue weighted by molar-refractivity contribution is 0.102. The lowest BCUT2D eigenvalue weighted by atomic mass is 10.1. The van der Waals surface area contributed by atoms with Crippen LogP contribution < -0.4 is 11.1 Å². The van der Waals surface area contributed by atoms with Gasteiger partial charge in [0.15, 0.2) is 0 Å². The van der Waals surface area contributed by atoms with E-state index in [9.17, 15) is 4.79 Å². The van der Waals surface area contributed by atoms with E-state index in [1.807, 2.05) is 43.7 Å². The zero-order chi connectivity index (χ0) is 13.3. The number of amides is 1. The van der Waals surface area contributed by atoms with Crippen molar-refractivity contribution in [3.63, 3.8) is 0 Å².